The largest absolute Gasteiger partial charge is 0.416 e. The second-order valence-electron chi connectivity index (χ2n) is 9.11. The number of hydrogen-bond donors (Lipinski definition) is 1. The number of fused-ring (bicyclic) bond motifs is 1. The van der Waals surface area contributed by atoms with Crippen LogP contribution < -0.4 is 4.90 Å². The second-order valence-corrected chi connectivity index (χ2v) is 9.11. The van der Waals surface area contributed by atoms with Gasteiger partial charge in [0.25, 0.3) is 5.91 Å². The zero-order chi connectivity index (χ0) is 25.1. The summed E-state index contributed by atoms with van der Waals surface area (Å²) in [5, 5.41) is 17.4. The molecular weight excluding hydrogens is 471 g/mol. The number of aromatic nitrogens is 3. The van der Waals surface area contributed by atoms with Crippen molar-refractivity contribution in [1.29, 1.82) is 0 Å². The lowest BCUT2D eigenvalue weighted by Gasteiger charge is -2.40. The molecule has 1 saturated carbocycles. The molecule has 0 bridgehead atoms. The van der Waals surface area contributed by atoms with E-state index in [0.29, 0.717) is 17.1 Å². The van der Waals surface area contributed by atoms with E-state index in [9.17, 15) is 31.9 Å². The topological polar surface area (TPSA) is 71.2 Å². The molecule has 5 rings (SSSR count). The lowest BCUT2D eigenvalue weighted by atomic mass is 9.70. The summed E-state index contributed by atoms with van der Waals surface area (Å²) in [7, 11) is 1.71. The van der Waals surface area contributed by atoms with Gasteiger partial charge in [-0.15, -0.1) is 10.2 Å². The first-order valence-electron chi connectivity index (χ1n) is 11.0. The van der Waals surface area contributed by atoms with E-state index in [0.717, 1.165) is 6.07 Å². The van der Waals surface area contributed by atoms with Gasteiger partial charge in [0.2, 0.25) is 5.92 Å². The van der Waals surface area contributed by atoms with Crippen LogP contribution in [0.3, 0.4) is 0 Å². The van der Waals surface area contributed by atoms with E-state index in [1.54, 1.807) is 35.9 Å². The monoisotopic (exact) mass is 492 g/mol. The van der Waals surface area contributed by atoms with Gasteiger partial charge in [0, 0.05) is 37.1 Å². The van der Waals surface area contributed by atoms with Gasteiger partial charge in [-0.3, -0.25) is 4.79 Å². The van der Waals surface area contributed by atoms with E-state index in [-0.39, 0.29) is 36.1 Å². The Morgan fingerprint density at radius 1 is 1.20 bits per heavy atom. The minimum Gasteiger partial charge on any atom is -0.392 e. The van der Waals surface area contributed by atoms with E-state index in [4.69, 9.17) is 0 Å². The summed E-state index contributed by atoms with van der Waals surface area (Å²) in [5.74, 6) is -3.81. The number of hydrogen-bond acceptors (Lipinski definition) is 4. The number of benzene rings is 2. The molecule has 1 aliphatic heterocycles. The molecule has 0 radical (unpaired) electrons. The molecule has 2 heterocycles. The predicted octanol–water partition coefficient (Wildman–Crippen LogP) is 4.66. The average molecular weight is 492 g/mol. The molecule has 3 aromatic rings. The van der Waals surface area contributed by atoms with Crippen molar-refractivity contribution in [2.45, 2.75) is 44.0 Å². The summed E-state index contributed by atoms with van der Waals surface area (Å²) in [6.07, 6.45) is -3.86. The maximum Gasteiger partial charge on any atom is 0.416 e. The van der Waals surface area contributed by atoms with Crippen molar-refractivity contribution in [3.63, 3.8) is 0 Å². The molecule has 1 atom stereocenters. The smallest absolute Gasteiger partial charge is 0.392 e. The van der Waals surface area contributed by atoms with Crippen molar-refractivity contribution in [3.05, 3.63) is 76.4 Å². The van der Waals surface area contributed by atoms with E-state index in [1.807, 2.05) is 0 Å². The Labute approximate surface area is 197 Å². The van der Waals surface area contributed by atoms with Crippen molar-refractivity contribution in [2.24, 2.45) is 13.0 Å². The summed E-state index contributed by atoms with van der Waals surface area (Å²) in [5.41, 5.74) is -0.269. The third-order valence-electron chi connectivity index (χ3n) is 6.75. The van der Waals surface area contributed by atoms with Gasteiger partial charge in [0.1, 0.15) is 12.2 Å². The third kappa shape index (κ3) is 4.07. The average Bonchev–Trinajstić information content (AvgIpc) is 3.35. The standard InChI is InChI=1S/C24H21F5N4O2/c1-32-12-30-31-21(32)20(15-8-23(25,26)9-15)14-3-2-4-16(7-14)33-10-18-17(22(33)35)5-13(11-34)6-19(18)24(27,28)29/h2-7,12,15,20,34H,8-11H2,1H3/t20-/m0/s1. The van der Waals surface area contributed by atoms with E-state index < -0.39 is 42.0 Å². The number of alkyl halides is 5. The number of carbonyl (C=O) groups is 1. The van der Waals surface area contributed by atoms with Gasteiger partial charge in [-0.25, -0.2) is 8.78 Å². The minimum absolute atomic E-state index is 0.00622. The van der Waals surface area contributed by atoms with Crippen molar-refractivity contribution in [2.75, 3.05) is 4.90 Å². The highest BCUT2D eigenvalue weighted by Gasteiger charge is 2.50. The van der Waals surface area contributed by atoms with E-state index >= 15 is 0 Å². The summed E-state index contributed by atoms with van der Waals surface area (Å²) in [6, 6.07) is 8.74. The van der Waals surface area contributed by atoms with Crippen molar-refractivity contribution >= 4 is 11.6 Å². The molecule has 2 aromatic carbocycles. The van der Waals surface area contributed by atoms with Gasteiger partial charge in [-0.1, -0.05) is 12.1 Å². The van der Waals surface area contributed by atoms with Gasteiger partial charge < -0.3 is 14.6 Å². The zero-order valence-electron chi connectivity index (χ0n) is 18.6. The van der Waals surface area contributed by atoms with Gasteiger partial charge in [-0.05, 0) is 46.9 Å². The molecular formula is C24H21F5N4O2. The number of amides is 1. The second kappa shape index (κ2) is 8.11. The summed E-state index contributed by atoms with van der Waals surface area (Å²) >= 11 is 0. The van der Waals surface area contributed by atoms with E-state index in [2.05, 4.69) is 10.2 Å². The summed E-state index contributed by atoms with van der Waals surface area (Å²) < 4.78 is 70.2. The minimum atomic E-state index is -4.70. The Balaban J connectivity index is 1.53. The number of carbonyl (C=O) groups excluding carboxylic acids is 1. The molecule has 0 unspecified atom stereocenters. The van der Waals surface area contributed by atoms with Crippen molar-refractivity contribution in [1.82, 2.24) is 14.8 Å². The highest BCUT2D eigenvalue weighted by molar-refractivity contribution is 6.10. The number of rotatable bonds is 5. The maximum absolute atomic E-state index is 13.7. The van der Waals surface area contributed by atoms with Crippen LogP contribution in [-0.4, -0.2) is 31.7 Å². The van der Waals surface area contributed by atoms with Crippen molar-refractivity contribution in [3.8, 4) is 0 Å². The van der Waals surface area contributed by atoms with Gasteiger partial charge in [0.15, 0.2) is 0 Å². The number of aliphatic hydroxyl groups is 1. The molecule has 0 spiro atoms. The van der Waals surface area contributed by atoms with E-state index in [1.165, 1.54) is 17.3 Å². The number of aliphatic hydroxyl groups excluding tert-OH is 1. The molecule has 35 heavy (non-hydrogen) atoms. The molecule has 1 fully saturated rings. The van der Waals surface area contributed by atoms with Crippen LogP contribution in [0.25, 0.3) is 0 Å². The van der Waals surface area contributed by atoms with Crippen LogP contribution >= 0.6 is 0 Å². The van der Waals surface area contributed by atoms with Crippen LogP contribution in [0.5, 0.6) is 0 Å². The fourth-order valence-electron chi connectivity index (χ4n) is 5.06. The van der Waals surface area contributed by atoms with Crippen LogP contribution in [0.4, 0.5) is 27.6 Å². The van der Waals surface area contributed by atoms with Gasteiger partial charge in [0.05, 0.1) is 18.7 Å². The Hall–Kier alpha value is -3.34. The van der Waals surface area contributed by atoms with Crippen LogP contribution in [-0.2, 0) is 26.4 Å². The van der Waals surface area contributed by atoms with Crippen molar-refractivity contribution < 1.29 is 31.9 Å². The molecule has 1 aliphatic carbocycles. The number of halogens is 5. The molecule has 1 aromatic heterocycles. The maximum atomic E-state index is 13.7. The summed E-state index contributed by atoms with van der Waals surface area (Å²) in [4.78, 5) is 14.4. The molecule has 184 valence electrons. The van der Waals surface area contributed by atoms with Crippen LogP contribution in [0.2, 0.25) is 0 Å². The zero-order valence-corrected chi connectivity index (χ0v) is 18.6. The summed E-state index contributed by atoms with van der Waals surface area (Å²) in [6.45, 7) is -0.932. The lowest BCUT2D eigenvalue weighted by molar-refractivity contribution is -0.138. The number of aryl methyl sites for hydroxylation is 1. The SMILES string of the molecule is Cn1cnnc1[C@@H](c1cccc(N2Cc3c(cc(CO)cc3C(F)(F)F)C2=O)c1)C1CC(F)(F)C1. The lowest BCUT2D eigenvalue weighted by Crippen LogP contribution is -2.39. The first-order chi connectivity index (χ1) is 16.5. The quantitative estimate of drug-likeness (QED) is 0.526. The highest BCUT2D eigenvalue weighted by Crippen LogP contribution is 2.51. The first kappa shape index (κ1) is 23.4. The Kier molecular flexibility index (Phi) is 5.42. The number of anilines is 1. The number of nitrogens with zero attached hydrogens (tertiary/aromatic N) is 4. The molecule has 2 aliphatic rings. The highest BCUT2D eigenvalue weighted by atomic mass is 19.4. The predicted molar refractivity (Wildman–Crippen MR) is 115 cm³/mol. The molecule has 6 nitrogen and oxygen atoms in total. The Bertz CT molecular complexity index is 1300. The molecule has 11 heteroatoms. The first-order valence-corrected chi connectivity index (χ1v) is 11.0. The third-order valence-corrected chi connectivity index (χ3v) is 6.75. The van der Waals surface area contributed by atoms with Gasteiger partial charge in [-0.2, -0.15) is 13.2 Å². The van der Waals surface area contributed by atoms with Crippen LogP contribution in [0.15, 0.2) is 42.7 Å². The fraction of sp³-hybridized carbons (Fsp3) is 0.375. The Morgan fingerprint density at radius 2 is 1.94 bits per heavy atom. The van der Waals surface area contributed by atoms with Crippen LogP contribution in [0.1, 0.15) is 57.2 Å². The Morgan fingerprint density at radius 3 is 2.54 bits per heavy atom. The normalized spacial score (nSPS) is 18.5. The van der Waals surface area contributed by atoms with Crippen LogP contribution in [0, 0.1) is 5.92 Å². The van der Waals surface area contributed by atoms with Gasteiger partial charge >= 0.3 is 6.18 Å². The molecule has 0 saturated heterocycles. The fourth-order valence-corrected chi connectivity index (χ4v) is 5.06. The molecule has 1 amide bonds. The molecule has 1 N–H and O–H groups in total.